The zero-order chi connectivity index (χ0) is 15.5. The van der Waals surface area contributed by atoms with Crippen molar-refractivity contribution in [2.75, 3.05) is 25.1 Å². The first kappa shape index (κ1) is 15.2. The third-order valence-electron chi connectivity index (χ3n) is 3.59. The van der Waals surface area contributed by atoms with E-state index in [2.05, 4.69) is 5.32 Å². The van der Waals surface area contributed by atoms with E-state index >= 15 is 0 Å². The molecule has 0 radical (unpaired) electrons. The standard InChI is InChI=1S/C13H16N2O6/c16-8-13(3-5-21-6-4-13)14-10-2-1-9(12(17)18)7-11(10)15(19)20/h1-2,7,14,16H,3-6,8H2,(H,17,18). The Bertz CT molecular complexity index is 554. The summed E-state index contributed by atoms with van der Waals surface area (Å²) in [6, 6.07) is 3.66. The lowest BCUT2D eigenvalue weighted by molar-refractivity contribution is -0.384. The second-order valence-electron chi connectivity index (χ2n) is 4.97. The second-order valence-corrected chi connectivity index (χ2v) is 4.97. The number of rotatable bonds is 5. The molecular weight excluding hydrogens is 280 g/mol. The Hall–Kier alpha value is -2.19. The smallest absolute Gasteiger partial charge is 0.335 e. The predicted molar refractivity (Wildman–Crippen MR) is 73.5 cm³/mol. The number of nitro benzene ring substituents is 1. The van der Waals surface area contributed by atoms with Gasteiger partial charge in [0.25, 0.3) is 5.69 Å². The molecule has 0 bridgehead atoms. The zero-order valence-electron chi connectivity index (χ0n) is 11.2. The third-order valence-corrected chi connectivity index (χ3v) is 3.59. The second kappa shape index (κ2) is 6.06. The molecule has 0 amide bonds. The largest absolute Gasteiger partial charge is 0.478 e. The number of nitrogens with one attached hydrogen (secondary N) is 1. The van der Waals surface area contributed by atoms with Crippen LogP contribution in [0.25, 0.3) is 0 Å². The molecule has 21 heavy (non-hydrogen) atoms. The average molecular weight is 296 g/mol. The normalized spacial score (nSPS) is 17.2. The first-order valence-electron chi connectivity index (χ1n) is 6.46. The van der Waals surface area contributed by atoms with Crippen LogP contribution in [0.2, 0.25) is 0 Å². The monoisotopic (exact) mass is 296 g/mol. The van der Waals surface area contributed by atoms with Gasteiger partial charge in [0.15, 0.2) is 0 Å². The van der Waals surface area contributed by atoms with E-state index in [1.807, 2.05) is 0 Å². The van der Waals surface area contributed by atoms with E-state index in [1.54, 1.807) is 0 Å². The summed E-state index contributed by atoms with van der Waals surface area (Å²) in [6.07, 6.45) is 1.03. The van der Waals surface area contributed by atoms with E-state index in [9.17, 15) is 20.0 Å². The molecule has 8 heteroatoms. The van der Waals surface area contributed by atoms with Gasteiger partial charge in [0.2, 0.25) is 0 Å². The summed E-state index contributed by atoms with van der Waals surface area (Å²) in [4.78, 5) is 21.4. The van der Waals surface area contributed by atoms with Crippen LogP contribution < -0.4 is 5.32 Å². The summed E-state index contributed by atoms with van der Waals surface area (Å²) >= 11 is 0. The summed E-state index contributed by atoms with van der Waals surface area (Å²) in [6.45, 7) is 0.720. The van der Waals surface area contributed by atoms with Gasteiger partial charge >= 0.3 is 5.97 Å². The quantitative estimate of drug-likeness (QED) is 0.552. The van der Waals surface area contributed by atoms with Crippen LogP contribution in [0.15, 0.2) is 18.2 Å². The van der Waals surface area contributed by atoms with Crippen LogP contribution in [0.4, 0.5) is 11.4 Å². The number of carbonyl (C=O) groups is 1. The van der Waals surface area contributed by atoms with Crippen molar-refractivity contribution in [2.45, 2.75) is 18.4 Å². The summed E-state index contributed by atoms with van der Waals surface area (Å²) in [7, 11) is 0. The Balaban J connectivity index is 2.34. The molecule has 1 fully saturated rings. The minimum Gasteiger partial charge on any atom is -0.478 e. The summed E-state index contributed by atoms with van der Waals surface area (Å²) in [5.74, 6) is -1.23. The fourth-order valence-electron chi connectivity index (χ4n) is 2.29. The number of nitrogens with zero attached hydrogens (tertiary/aromatic N) is 1. The minimum absolute atomic E-state index is 0.155. The van der Waals surface area contributed by atoms with Crippen molar-refractivity contribution in [1.82, 2.24) is 0 Å². The van der Waals surface area contributed by atoms with Gasteiger partial charge in [0.05, 0.1) is 22.6 Å². The van der Waals surface area contributed by atoms with Gasteiger partial charge in [-0.05, 0) is 25.0 Å². The van der Waals surface area contributed by atoms with Crippen molar-refractivity contribution in [1.29, 1.82) is 0 Å². The fraction of sp³-hybridized carbons (Fsp3) is 0.462. The van der Waals surface area contributed by atoms with Crippen molar-refractivity contribution in [3.63, 3.8) is 0 Å². The third kappa shape index (κ3) is 3.29. The first-order chi connectivity index (χ1) is 9.97. The molecule has 3 N–H and O–H groups in total. The number of hydrogen-bond acceptors (Lipinski definition) is 6. The number of benzene rings is 1. The lowest BCUT2D eigenvalue weighted by Crippen LogP contribution is -2.47. The number of nitro groups is 1. The van der Waals surface area contributed by atoms with Crippen LogP contribution in [0, 0.1) is 10.1 Å². The van der Waals surface area contributed by atoms with Gasteiger partial charge in [-0.15, -0.1) is 0 Å². The molecule has 0 unspecified atom stereocenters. The number of carboxylic acids is 1. The maximum atomic E-state index is 11.1. The Morgan fingerprint density at radius 1 is 1.43 bits per heavy atom. The molecule has 1 saturated heterocycles. The maximum absolute atomic E-state index is 11.1. The first-order valence-corrected chi connectivity index (χ1v) is 6.46. The van der Waals surface area contributed by atoms with E-state index < -0.39 is 16.4 Å². The van der Waals surface area contributed by atoms with Crippen LogP contribution in [-0.2, 0) is 4.74 Å². The van der Waals surface area contributed by atoms with E-state index in [4.69, 9.17) is 9.84 Å². The molecular formula is C13H16N2O6. The molecule has 8 nitrogen and oxygen atoms in total. The highest BCUT2D eigenvalue weighted by Crippen LogP contribution is 2.32. The number of ether oxygens (including phenoxy) is 1. The Labute approximate surface area is 120 Å². The summed E-state index contributed by atoms with van der Waals surface area (Å²) < 4.78 is 5.23. The Morgan fingerprint density at radius 2 is 2.10 bits per heavy atom. The van der Waals surface area contributed by atoms with Crippen molar-refractivity contribution in [3.05, 3.63) is 33.9 Å². The SMILES string of the molecule is O=C(O)c1ccc(NC2(CO)CCOCC2)c([N+](=O)[O-])c1. The van der Waals surface area contributed by atoms with E-state index in [-0.39, 0.29) is 23.5 Å². The number of carboxylic acid groups (broad SMARTS) is 1. The molecule has 0 aromatic heterocycles. The van der Waals surface area contributed by atoms with Crippen molar-refractivity contribution in [3.8, 4) is 0 Å². The van der Waals surface area contributed by atoms with Gasteiger partial charge in [-0.25, -0.2) is 4.79 Å². The predicted octanol–water partition coefficient (Wildman–Crippen LogP) is 1.25. The highest BCUT2D eigenvalue weighted by molar-refractivity contribution is 5.89. The molecule has 0 saturated carbocycles. The van der Waals surface area contributed by atoms with Crippen LogP contribution in [0.1, 0.15) is 23.2 Å². The zero-order valence-corrected chi connectivity index (χ0v) is 11.2. The number of aliphatic hydroxyl groups excluding tert-OH is 1. The number of aliphatic hydroxyl groups is 1. The fourth-order valence-corrected chi connectivity index (χ4v) is 2.29. The van der Waals surface area contributed by atoms with Crippen molar-refractivity contribution >= 4 is 17.3 Å². The Kier molecular flexibility index (Phi) is 4.39. The molecule has 0 aliphatic carbocycles. The van der Waals surface area contributed by atoms with E-state index in [1.165, 1.54) is 12.1 Å². The highest BCUT2D eigenvalue weighted by Gasteiger charge is 2.33. The van der Waals surface area contributed by atoms with Crippen LogP contribution in [0.3, 0.4) is 0 Å². The van der Waals surface area contributed by atoms with Gasteiger partial charge in [0.1, 0.15) is 5.69 Å². The van der Waals surface area contributed by atoms with Gasteiger partial charge in [-0.1, -0.05) is 0 Å². The molecule has 1 heterocycles. The summed E-state index contributed by atoms with van der Waals surface area (Å²) in [5, 5.41) is 32.6. The van der Waals surface area contributed by atoms with Crippen molar-refractivity contribution < 1.29 is 24.7 Å². The number of hydrogen-bond donors (Lipinski definition) is 3. The topological polar surface area (TPSA) is 122 Å². The molecule has 2 rings (SSSR count). The number of aromatic carboxylic acids is 1. The van der Waals surface area contributed by atoms with E-state index in [0.29, 0.717) is 26.1 Å². The molecule has 1 aromatic carbocycles. The van der Waals surface area contributed by atoms with E-state index in [0.717, 1.165) is 6.07 Å². The van der Waals surface area contributed by atoms with Crippen LogP contribution in [-0.4, -0.2) is 46.5 Å². The molecule has 1 aliphatic heterocycles. The lowest BCUT2D eigenvalue weighted by atomic mass is 9.90. The molecule has 0 atom stereocenters. The maximum Gasteiger partial charge on any atom is 0.335 e. The van der Waals surface area contributed by atoms with Gasteiger partial charge in [-0.2, -0.15) is 0 Å². The molecule has 0 spiro atoms. The molecule has 1 aliphatic rings. The molecule has 114 valence electrons. The van der Waals surface area contributed by atoms with Crippen LogP contribution >= 0.6 is 0 Å². The average Bonchev–Trinajstić information content (AvgIpc) is 2.48. The van der Waals surface area contributed by atoms with Crippen LogP contribution in [0.5, 0.6) is 0 Å². The van der Waals surface area contributed by atoms with Crippen molar-refractivity contribution in [2.24, 2.45) is 0 Å². The van der Waals surface area contributed by atoms with Gasteiger partial charge in [-0.3, -0.25) is 10.1 Å². The van der Waals surface area contributed by atoms with Gasteiger partial charge < -0.3 is 20.3 Å². The minimum atomic E-state index is -1.23. The lowest BCUT2D eigenvalue weighted by Gasteiger charge is -2.37. The van der Waals surface area contributed by atoms with Gasteiger partial charge in [0, 0.05) is 19.3 Å². The summed E-state index contributed by atoms with van der Waals surface area (Å²) in [5.41, 5.74) is -0.972. The Morgan fingerprint density at radius 3 is 2.62 bits per heavy atom. The molecule has 1 aromatic rings. The number of anilines is 1. The highest BCUT2D eigenvalue weighted by atomic mass is 16.6.